The summed E-state index contributed by atoms with van der Waals surface area (Å²) >= 11 is 0. The molecule has 4 heteroatoms. The van der Waals surface area contributed by atoms with Crippen LogP contribution < -0.4 is 5.73 Å². The van der Waals surface area contributed by atoms with Gasteiger partial charge in [-0.2, -0.15) is 0 Å². The molecule has 0 aromatic rings. The predicted octanol–water partition coefficient (Wildman–Crippen LogP) is 1.30. The van der Waals surface area contributed by atoms with E-state index < -0.39 is 0 Å². The zero-order valence-corrected chi connectivity index (χ0v) is 12.7. The second kappa shape index (κ2) is 7.58. The lowest BCUT2D eigenvalue weighted by molar-refractivity contribution is -0.103. The molecule has 2 heterocycles. The van der Waals surface area contributed by atoms with Crippen molar-refractivity contribution < 1.29 is 4.74 Å². The maximum Gasteiger partial charge on any atom is 0.0703 e. The molecular formula is C15H31N3O. The van der Waals surface area contributed by atoms with Crippen molar-refractivity contribution in [2.24, 2.45) is 5.73 Å². The number of morpholine rings is 1. The monoisotopic (exact) mass is 269 g/mol. The Morgan fingerprint density at radius 1 is 1.05 bits per heavy atom. The van der Waals surface area contributed by atoms with Crippen molar-refractivity contribution in [3.8, 4) is 0 Å². The molecule has 0 aromatic carbocycles. The highest BCUT2D eigenvalue weighted by Gasteiger charge is 2.31. The number of piperidine rings is 1. The zero-order chi connectivity index (χ0) is 13.7. The Morgan fingerprint density at radius 2 is 1.63 bits per heavy atom. The molecule has 2 atom stereocenters. The van der Waals surface area contributed by atoms with Gasteiger partial charge in [-0.3, -0.25) is 4.90 Å². The average Bonchev–Trinajstić information content (AvgIpc) is 2.47. The van der Waals surface area contributed by atoms with Gasteiger partial charge in [-0.25, -0.2) is 0 Å². The van der Waals surface area contributed by atoms with E-state index >= 15 is 0 Å². The van der Waals surface area contributed by atoms with Crippen molar-refractivity contribution in [2.75, 3.05) is 39.3 Å². The molecule has 0 radical (unpaired) electrons. The van der Waals surface area contributed by atoms with Gasteiger partial charge in [0.25, 0.3) is 0 Å². The van der Waals surface area contributed by atoms with Crippen LogP contribution in [0.2, 0.25) is 0 Å². The second-order valence-electron chi connectivity index (χ2n) is 6.01. The van der Waals surface area contributed by atoms with Crippen molar-refractivity contribution in [1.29, 1.82) is 0 Å². The fourth-order valence-corrected chi connectivity index (χ4v) is 3.40. The van der Waals surface area contributed by atoms with Gasteiger partial charge < -0.3 is 15.4 Å². The molecule has 0 aromatic heterocycles. The molecule has 0 amide bonds. The minimum absolute atomic E-state index is 0.445. The summed E-state index contributed by atoms with van der Waals surface area (Å²) in [7, 11) is 0. The number of hydrogen-bond acceptors (Lipinski definition) is 4. The molecule has 2 fully saturated rings. The summed E-state index contributed by atoms with van der Waals surface area (Å²) in [5.41, 5.74) is 5.64. The highest BCUT2D eigenvalue weighted by Crippen LogP contribution is 2.23. The Morgan fingerprint density at radius 3 is 2.11 bits per heavy atom. The third-order valence-electron chi connectivity index (χ3n) is 4.69. The largest absolute Gasteiger partial charge is 0.372 e. The van der Waals surface area contributed by atoms with Crippen molar-refractivity contribution in [1.82, 2.24) is 9.80 Å². The number of nitrogens with zero attached hydrogens (tertiary/aromatic N) is 2. The number of nitrogens with two attached hydrogens (primary N) is 1. The van der Waals surface area contributed by atoms with Crippen LogP contribution in [-0.2, 0) is 4.74 Å². The lowest BCUT2D eigenvalue weighted by Crippen LogP contribution is -2.54. The van der Waals surface area contributed by atoms with E-state index in [-0.39, 0.29) is 0 Å². The van der Waals surface area contributed by atoms with Gasteiger partial charge in [-0.1, -0.05) is 13.8 Å². The fourth-order valence-electron chi connectivity index (χ4n) is 3.40. The second-order valence-corrected chi connectivity index (χ2v) is 6.01. The minimum Gasteiger partial charge on any atom is -0.372 e. The number of ether oxygens (including phenoxy) is 1. The highest BCUT2D eigenvalue weighted by molar-refractivity contribution is 4.85. The van der Waals surface area contributed by atoms with Gasteiger partial charge in [0, 0.05) is 32.2 Å². The summed E-state index contributed by atoms with van der Waals surface area (Å²) in [6.45, 7) is 11.0. The number of likely N-dealkylation sites (tertiary alicyclic amines) is 1. The SMILES string of the molecule is CCC1CN(C2CCN(CCN)CC2)CC(CC)O1. The van der Waals surface area contributed by atoms with E-state index in [9.17, 15) is 0 Å². The summed E-state index contributed by atoms with van der Waals surface area (Å²) in [4.78, 5) is 5.21. The van der Waals surface area contributed by atoms with E-state index in [4.69, 9.17) is 10.5 Å². The molecule has 4 nitrogen and oxygen atoms in total. The van der Waals surface area contributed by atoms with Gasteiger partial charge in [-0.15, -0.1) is 0 Å². The molecule has 2 aliphatic rings. The van der Waals surface area contributed by atoms with E-state index in [0.29, 0.717) is 12.2 Å². The Hall–Kier alpha value is -0.160. The van der Waals surface area contributed by atoms with Crippen LogP contribution in [-0.4, -0.2) is 67.3 Å². The number of rotatable bonds is 5. The van der Waals surface area contributed by atoms with Gasteiger partial charge in [-0.05, 0) is 38.8 Å². The van der Waals surface area contributed by atoms with Crippen LogP contribution >= 0.6 is 0 Å². The molecule has 2 aliphatic heterocycles. The average molecular weight is 269 g/mol. The molecule has 19 heavy (non-hydrogen) atoms. The van der Waals surface area contributed by atoms with Crippen molar-refractivity contribution in [3.05, 3.63) is 0 Å². The lowest BCUT2D eigenvalue weighted by atomic mass is 10.00. The Labute approximate surface area is 118 Å². The van der Waals surface area contributed by atoms with E-state index in [1.54, 1.807) is 0 Å². The molecule has 0 spiro atoms. The maximum atomic E-state index is 6.10. The van der Waals surface area contributed by atoms with E-state index in [1.165, 1.54) is 25.9 Å². The van der Waals surface area contributed by atoms with Crippen LogP contribution in [0, 0.1) is 0 Å². The quantitative estimate of drug-likeness (QED) is 0.817. The molecule has 0 aliphatic carbocycles. The maximum absolute atomic E-state index is 6.10. The summed E-state index contributed by atoms with van der Waals surface area (Å²) in [5.74, 6) is 0. The first-order valence-electron chi connectivity index (χ1n) is 8.08. The van der Waals surface area contributed by atoms with Crippen LogP contribution in [0.15, 0.2) is 0 Å². The van der Waals surface area contributed by atoms with E-state index in [2.05, 4.69) is 23.6 Å². The molecule has 0 saturated carbocycles. The van der Waals surface area contributed by atoms with Crippen LogP contribution in [0.25, 0.3) is 0 Å². The van der Waals surface area contributed by atoms with Crippen molar-refractivity contribution >= 4 is 0 Å². The Kier molecular flexibility index (Phi) is 6.07. The molecule has 2 unspecified atom stereocenters. The molecule has 2 saturated heterocycles. The summed E-state index contributed by atoms with van der Waals surface area (Å²) in [6, 6.07) is 0.765. The first-order chi connectivity index (χ1) is 9.26. The summed E-state index contributed by atoms with van der Waals surface area (Å²) in [6.07, 6.45) is 5.76. The third kappa shape index (κ3) is 4.15. The summed E-state index contributed by atoms with van der Waals surface area (Å²) < 4.78 is 6.10. The molecule has 2 N–H and O–H groups in total. The standard InChI is InChI=1S/C15H31N3O/c1-3-14-11-18(12-15(4-2)19-14)13-5-8-17(9-6-13)10-7-16/h13-15H,3-12,16H2,1-2H3. The lowest BCUT2D eigenvalue weighted by Gasteiger charge is -2.44. The predicted molar refractivity (Wildman–Crippen MR) is 79.3 cm³/mol. The van der Waals surface area contributed by atoms with Crippen LogP contribution in [0.3, 0.4) is 0 Å². The van der Waals surface area contributed by atoms with Gasteiger partial charge in [0.15, 0.2) is 0 Å². The van der Waals surface area contributed by atoms with Crippen molar-refractivity contribution in [3.63, 3.8) is 0 Å². The fraction of sp³-hybridized carbons (Fsp3) is 1.00. The molecular weight excluding hydrogens is 238 g/mol. The molecule has 112 valence electrons. The number of hydrogen-bond donors (Lipinski definition) is 1. The topological polar surface area (TPSA) is 41.7 Å². The molecule has 2 rings (SSSR count). The van der Waals surface area contributed by atoms with Crippen LogP contribution in [0.4, 0.5) is 0 Å². The van der Waals surface area contributed by atoms with Crippen LogP contribution in [0.5, 0.6) is 0 Å². The molecule has 0 bridgehead atoms. The van der Waals surface area contributed by atoms with E-state index in [1.807, 2.05) is 0 Å². The van der Waals surface area contributed by atoms with Gasteiger partial charge in [0.05, 0.1) is 12.2 Å². The van der Waals surface area contributed by atoms with Gasteiger partial charge >= 0.3 is 0 Å². The Bertz CT molecular complexity index is 242. The minimum atomic E-state index is 0.445. The zero-order valence-electron chi connectivity index (χ0n) is 12.7. The first kappa shape index (κ1) is 15.2. The first-order valence-corrected chi connectivity index (χ1v) is 8.08. The normalized spacial score (nSPS) is 31.7. The smallest absolute Gasteiger partial charge is 0.0703 e. The van der Waals surface area contributed by atoms with Gasteiger partial charge in [0.1, 0.15) is 0 Å². The third-order valence-corrected chi connectivity index (χ3v) is 4.69. The summed E-state index contributed by atoms with van der Waals surface area (Å²) in [5, 5.41) is 0. The van der Waals surface area contributed by atoms with Gasteiger partial charge in [0.2, 0.25) is 0 Å². The van der Waals surface area contributed by atoms with Crippen LogP contribution in [0.1, 0.15) is 39.5 Å². The Balaban J connectivity index is 1.84. The van der Waals surface area contributed by atoms with Crippen molar-refractivity contribution in [2.45, 2.75) is 57.8 Å². The highest BCUT2D eigenvalue weighted by atomic mass is 16.5. The van der Waals surface area contributed by atoms with E-state index in [0.717, 1.165) is 45.1 Å².